The molecule has 0 unspecified atom stereocenters. The molecule has 7 nitrogen and oxygen atoms in total. The molecular weight excluding hydrogens is 386 g/mol. The molecular formula is C23H27NO6. The molecule has 0 saturated carbocycles. The van der Waals surface area contributed by atoms with Crippen LogP contribution >= 0.6 is 0 Å². The minimum Gasteiger partial charge on any atom is -0.482 e. The maximum Gasteiger partial charge on any atom is 0.344 e. The molecule has 0 saturated heterocycles. The van der Waals surface area contributed by atoms with Gasteiger partial charge in [-0.3, -0.25) is 4.79 Å². The van der Waals surface area contributed by atoms with Gasteiger partial charge in [0.2, 0.25) is 0 Å². The first-order valence-corrected chi connectivity index (χ1v) is 9.65. The van der Waals surface area contributed by atoms with Crippen LogP contribution in [0.3, 0.4) is 0 Å². The van der Waals surface area contributed by atoms with Crippen molar-refractivity contribution in [2.24, 2.45) is 0 Å². The quantitative estimate of drug-likeness (QED) is 0.663. The number of anilines is 1. The van der Waals surface area contributed by atoms with Gasteiger partial charge in [0.1, 0.15) is 5.75 Å². The third kappa shape index (κ3) is 6.92. The first-order chi connectivity index (χ1) is 14.2. The maximum atomic E-state index is 12.1. The van der Waals surface area contributed by atoms with Crippen molar-refractivity contribution in [3.63, 3.8) is 0 Å². The molecule has 0 bridgehead atoms. The van der Waals surface area contributed by atoms with Crippen molar-refractivity contribution in [3.05, 3.63) is 59.7 Å². The summed E-state index contributed by atoms with van der Waals surface area (Å²) in [5.74, 6) is -1.26. The highest BCUT2D eigenvalue weighted by Crippen LogP contribution is 2.24. The first-order valence-electron chi connectivity index (χ1n) is 9.65. The summed E-state index contributed by atoms with van der Waals surface area (Å²) in [7, 11) is 0. The molecule has 2 rings (SSSR count). The molecule has 0 aliphatic carbocycles. The van der Waals surface area contributed by atoms with E-state index in [1.54, 1.807) is 43.3 Å². The number of carbonyl (C=O) groups is 3. The number of amides is 1. The predicted octanol–water partition coefficient (Wildman–Crippen LogP) is 3.72. The summed E-state index contributed by atoms with van der Waals surface area (Å²) < 4.78 is 15.3. The second kappa shape index (κ2) is 10.4. The van der Waals surface area contributed by atoms with Crippen molar-refractivity contribution in [2.45, 2.75) is 33.1 Å². The van der Waals surface area contributed by atoms with Crippen molar-refractivity contribution < 1.29 is 28.6 Å². The average Bonchev–Trinajstić information content (AvgIpc) is 2.71. The number of ether oxygens (including phenoxy) is 3. The van der Waals surface area contributed by atoms with Crippen LogP contribution in [0.1, 0.15) is 43.6 Å². The molecule has 30 heavy (non-hydrogen) atoms. The van der Waals surface area contributed by atoms with Crippen LogP contribution in [0.5, 0.6) is 5.75 Å². The Balaban J connectivity index is 1.81. The van der Waals surface area contributed by atoms with Gasteiger partial charge in [0.15, 0.2) is 13.2 Å². The van der Waals surface area contributed by atoms with E-state index in [9.17, 15) is 14.4 Å². The highest BCUT2D eigenvalue weighted by molar-refractivity contribution is 6.01. The molecule has 2 aromatic carbocycles. The monoisotopic (exact) mass is 413 g/mol. The van der Waals surface area contributed by atoms with Crippen molar-refractivity contribution in [2.75, 3.05) is 25.1 Å². The molecule has 0 aromatic heterocycles. The molecule has 0 spiro atoms. The summed E-state index contributed by atoms with van der Waals surface area (Å²) in [6.07, 6.45) is 0. The van der Waals surface area contributed by atoms with E-state index in [1.807, 2.05) is 12.1 Å². The molecule has 7 heteroatoms. The van der Waals surface area contributed by atoms with E-state index in [1.165, 1.54) is 0 Å². The Morgan fingerprint density at radius 3 is 2.20 bits per heavy atom. The Labute approximate surface area is 176 Å². The Bertz CT molecular complexity index is 883. The summed E-state index contributed by atoms with van der Waals surface area (Å²) >= 11 is 0. The number of esters is 2. The van der Waals surface area contributed by atoms with E-state index in [-0.39, 0.29) is 29.9 Å². The molecule has 0 fully saturated rings. The number of rotatable bonds is 8. The Morgan fingerprint density at radius 2 is 1.57 bits per heavy atom. The van der Waals surface area contributed by atoms with E-state index in [0.29, 0.717) is 5.75 Å². The fourth-order valence-corrected chi connectivity index (χ4v) is 2.55. The predicted molar refractivity (Wildman–Crippen MR) is 113 cm³/mol. The lowest BCUT2D eigenvalue weighted by Gasteiger charge is -2.19. The minimum atomic E-state index is -0.677. The SMILES string of the molecule is CCOC(=O)c1ccccc1NC(=O)COC(=O)COc1ccc(C(C)(C)C)cc1. The Kier molecular flexibility index (Phi) is 7.98. The fraction of sp³-hybridized carbons (Fsp3) is 0.348. The zero-order valence-corrected chi connectivity index (χ0v) is 17.7. The summed E-state index contributed by atoms with van der Waals surface area (Å²) in [6.45, 7) is 7.42. The smallest absolute Gasteiger partial charge is 0.344 e. The Morgan fingerprint density at radius 1 is 0.900 bits per heavy atom. The third-order valence-electron chi connectivity index (χ3n) is 4.14. The normalized spacial score (nSPS) is 10.8. The van der Waals surface area contributed by atoms with Gasteiger partial charge in [0, 0.05) is 0 Å². The number of para-hydroxylation sites is 1. The second-order valence-corrected chi connectivity index (χ2v) is 7.54. The molecule has 0 aliphatic heterocycles. The highest BCUT2D eigenvalue weighted by Gasteiger charge is 2.16. The molecule has 0 atom stereocenters. The molecule has 2 aromatic rings. The summed E-state index contributed by atoms with van der Waals surface area (Å²) in [5, 5.41) is 2.54. The lowest BCUT2D eigenvalue weighted by Crippen LogP contribution is -2.24. The van der Waals surface area contributed by atoms with E-state index >= 15 is 0 Å². The maximum absolute atomic E-state index is 12.1. The number of hydrogen-bond acceptors (Lipinski definition) is 6. The van der Waals surface area contributed by atoms with E-state index < -0.39 is 24.5 Å². The van der Waals surface area contributed by atoms with E-state index in [4.69, 9.17) is 14.2 Å². The molecule has 160 valence electrons. The summed E-state index contributed by atoms with van der Waals surface area (Å²) in [5.41, 5.74) is 1.68. The number of benzene rings is 2. The minimum absolute atomic E-state index is 0.0245. The van der Waals surface area contributed by atoms with E-state index in [0.717, 1.165) is 5.56 Å². The van der Waals surface area contributed by atoms with E-state index in [2.05, 4.69) is 26.1 Å². The van der Waals surface area contributed by atoms with Crippen molar-refractivity contribution in [3.8, 4) is 5.75 Å². The van der Waals surface area contributed by atoms with Gasteiger partial charge in [-0.05, 0) is 42.2 Å². The van der Waals surface area contributed by atoms with Crippen LogP contribution in [0.15, 0.2) is 48.5 Å². The second-order valence-electron chi connectivity index (χ2n) is 7.54. The van der Waals surface area contributed by atoms with Gasteiger partial charge in [0.25, 0.3) is 5.91 Å². The van der Waals surface area contributed by atoms with Gasteiger partial charge >= 0.3 is 11.9 Å². The van der Waals surface area contributed by atoms with Gasteiger partial charge in [-0.1, -0.05) is 45.0 Å². The largest absolute Gasteiger partial charge is 0.482 e. The zero-order chi connectivity index (χ0) is 22.1. The topological polar surface area (TPSA) is 90.9 Å². The molecule has 0 heterocycles. The lowest BCUT2D eigenvalue weighted by atomic mass is 9.87. The number of hydrogen-bond donors (Lipinski definition) is 1. The van der Waals surface area contributed by atoms with Gasteiger partial charge in [0.05, 0.1) is 17.9 Å². The fourth-order valence-electron chi connectivity index (χ4n) is 2.55. The third-order valence-corrected chi connectivity index (χ3v) is 4.14. The standard InChI is InChI=1S/C23H27NO6/c1-5-28-22(27)18-8-6-7-9-19(18)24-20(25)14-30-21(26)15-29-17-12-10-16(11-13-17)23(2,3)4/h6-13H,5,14-15H2,1-4H3,(H,24,25). The van der Waals surface area contributed by atoms with Crippen LogP contribution in [0, 0.1) is 0 Å². The van der Waals surface area contributed by atoms with Crippen molar-refractivity contribution in [1.29, 1.82) is 0 Å². The average molecular weight is 413 g/mol. The molecule has 1 N–H and O–H groups in total. The first kappa shape index (κ1) is 22.9. The lowest BCUT2D eigenvalue weighted by molar-refractivity contribution is -0.149. The van der Waals surface area contributed by atoms with Gasteiger partial charge in [-0.2, -0.15) is 0 Å². The Hall–Kier alpha value is -3.35. The number of nitrogens with one attached hydrogen (secondary N) is 1. The van der Waals surface area contributed by atoms with Crippen LogP contribution in [0.25, 0.3) is 0 Å². The summed E-state index contributed by atoms with van der Waals surface area (Å²) in [6, 6.07) is 13.9. The van der Waals surface area contributed by atoms with Crippen molar-refractivity contribution in [1.82, 2.24) is 0 Å². The molecule has 1 amide bonds. The zero-order valence-electron chi connectivity index (χ0n) is 17.7. The van der Waals surface area contributed by atoms with Crippen LogP contribution in [-0.4, -0.2) is 37.7 Å². The highest BCUT2D eigenvalue weighted by atomic mass is 16.6. The summed E-state index contributed by atoms with van der Waals surface area (Å²) in [4.78, 5) is 35.9. The number of carbonyl (C=O) groups excluding carboxylic acids is 3. The van der Waals surface area contributed by atoms with Crippen LogP contribution in [0.2, 0.25) is 0 Å². The molecule has 0 aliphatic rings. The van der Waals surface area contributed by atoms with Crippen LogP contribution in [-0.2, 0) is 24.5 Å². The van der Waals surface area contributed by atoms with Gasteiger partial charge in [-0.25, -0.2) is 9.59 Å². The van der Waals surface area contributed by atoms with Crippen LogP contribution in [0.4, 0.5) is 5.69 Å². The van der Waals surface area contributed by atoms with Crippen LogP contribution < -0.4 is 10.1 Å². The van der Waals surface area contributed by atoms with Crippen molar-refractivity contribution >= 4 is 23.5 Å². The van der Waals surface area contributed by atoms with Gasteiger partial charge < -0.3 is 19.5 Å². The molecule has 0 radical (unpaired) electrons. The van der Waals surface area contributed by atoms with Gasteiger partial charge in [-0.15, -0.1) is 0 Å².